The van der Waals surface area contributed by atoms with E-state index in [2.05, 4.69) is 12.2 Å². The molecule has 0 aromatic carbocycles. The number of rotatable bonds is 14. The molecule has 0 bridgehead atoms. The summed E-state index contributed by atoms with van der Waals surface area (Å²) in [7, 11) is 1.67. The fourth-order valence-corrected chi connectivity index (χ4v) is 2.30. The van der Waals surface area contributed by atoms with E-state index in [1.807, 2.05) is 0 Å². The summed E-state index contributed by atoms with van der Waals surface area (Å²) in [5.41, 5.74) is 0. The molecule has 23 heavy (non-hydrogen) atoms. The Morgan fingerprint density at radius 2 is 1.30 bits per heavy atom. The second-order valence-corrected chi connectivity index (χ2v) is 6.09. The third-order valence-electron chi connectivity index (χ3n) is 3.99. The molecule has 1 atom stereocenters. The summed E-state index contributed by atoms with van der Waals surface area (Å²) in [6.07, 6.45) is 14.0. The van der Waals surface area contributed by atoms with E-state index in [1.165, 1.54) is 57.8 Å². The molecule has 0 aromatic heterocycles. The molecule has 0 amide bonds. The summed E-state index contributed by atoms with van der Waals surface area (Å²) < 4.78 is 4.75. The first-order valence-corrected chi connectivity index (χ1v) is 9.03. The van der Waals surface area contributed by atoms with Crippen LogP contribution in [0, 0.1) is 0 Å². The van der Waals surface area contributed by atoms with Gasteiger partial charge in [0.05, 0.1) is 0 Å². The molecule has 0 aliphatic carbocycles. The van der Waals surface area contributed by atoms with Gasteiger partial charge < -0.3 is 10.1 Å². The molecule has 0 rings (SSSR count). The van der Waals surface area contributed by atoms with Gasteiger partial charge in [0.25, 0.3) is 0 Å². The van der Waals surface area contributed by atoms with Crippen LogP contribution in [0.1, 0.15) is 90.9 Å². The predicted octanol–water partition coefficient (Wildman–Crippen LogP) is 3.72. The Kier molecular flexibility index (Phi) is 21.5. The Morgan fingerprint density at radius 3 is 1.74 bits per heavy atom. The summed E-state index contributed by atoms with van der Waals surface area (Å²) in [5, 5.41) is 2.76. The molecule has 0 radical (unpaired) electrons. The van der Waals surface area contributed by atoms with Crippen molar-refractivity contribution in [2.45, 2.75) is 96.9 Å². The van der Waals surface area contributed by atoms with Crippen molar-refractivity contribution in [2.24, 2.45) is 0 Å². The standard InChI is InChI=1S/C18H35NO3.K.H/c1-4-5-6-7-8-9-10-11-12-13-14-15-17(20)22-18(21)16(2)19-3;;/h16,19H,4-15H2,1-3H3;;. The molecule has 1 unspecified atom stereocenters. The van der Waals surface area contributed by atoms with Crippen LogP contribution >= 0.6 is 0 Å². The molecule has 5 heteroatoms. The molecular weight excluding hydrogens is 317 g/mol. The van der Waals surface area contributed by atoms with E-state index in [-0.39, 0.29) is 51.4 Å². The maximum atomic E-state index is 11.5. The second-order valence-electron chi connectivity index (χ2n) is 6.09. The Balaban J connectivity index is 0. The van der Waals surface area contributed by atoms with Gasteiger partial charge in [0.15, 0.2) is 0 Å². The average Bonchev–Trinajstić information content (AvgIpc) is 2.51. The van der Waals surface area contributed by atoms with Crippen molar-refractivity contribution < 1.29 is 14.3 Å². The number of nitrogens with one attached hydrogen (secondary N) is 1. The first-order chi connectivity index (χ1) is 10.6. The normalized spacial score (nSPS) is 11.6. The van der Waals surface area contributed by atoms with Crippen LogP contribution in [0.5, 0.6) is 0 Å². The Bertz CT molecular complexity index is 298. The van der Waals surface area contributed by atoms with Crippen molar-refractivity contribution in [2.75, 3.05) is 7.05 Å². The zero-order valence-corrected chi connectivity index (χ0v) is 14.8. The Labute approximate surface area is 185 Å². The quantitative estimate of drug-likeness (QED) is 0.224. The molecule has 4 nitrogen and oxygen atoms in total. The summed E-state index contributed by atoms with van der Waals surface area (Å²) >= 11 is 0. The Morgan fingerprint density at radius 1 is 0.870 bits per heavy atom. The summed E-state index contributed by atoms with van der Waals surface area (Å²) in [5.74, 6) is -0.890. The number of hydrogen-bond donors (Lipinski definition) is 1. The third kappa shape index (κ3) is 17.4. The van der Waals surface area contributed by atoms with Crippen LogP contribution in [-0.2, 0) is 14.3 Å². The predicted molar refractivity (Wildman–Crippen MR) is 97.8 cm³/mol. The zero-order valence-electron chi connectivity index (χ0n) is 14.8. The number of unbranched alkanes of at least 4 members (excludes halogenated alkanes) is 10. The molecule has 0 saturated carbocycles. The van der Waals surface area contributed by atoms with E-state index in [9.17, 15) is 9.59 Å². The van der Waals surface area contributed by atoms with Crippen LogP contribution in [0.2, 0.25) is 0 Å². The van der Waals surface area contributed by atoms with E-state index in [0.29, 0.717) is 6.42 Å². The summed E-state index contributed by atoms with van der Waals surface area (Å²) in [6.45, 7) is 3.92. The maximum absolute atomic E-state index is 11.5. The Hall–Kier alpha value is 0.736. The van der Waals surface area contributed by atoms with Gasteiger partial charge in [-0.25, -0.2) is 4.79 Å². The van der Waals surface area contributed by atoms with Gasteiger partial charge in [-0.05, 0) is 20.4 Å². The van der Waals surface area contributed by atoms with E-state index >= 15 is 0 Å². The fourth-order valence-electron chi connectivity index (χ4n) is 2.30. The molecule has 0 fully saturated rings. The molecule has 0 spiro atoms. The zero-order chi connectivity index (χ0) is 16.6. The van der Waals surface area contributed by atoms with Gasteiger partial charge >= 0.3 is 63.3 Å². The van der Waals surface area contributed by atoms with Gasteiger partial charge in [0.1, 0.15) is 6.04 Å². The molecule has 1 N–H and O–H groups in total. The van der Waals surface area contributed by atoms with Gasteiger partial charge in [-0.2, -0.15) is 0 Å². The minimum absolute atomic E-state index is 0. The molecule has 0 saturated heterocycles. The molecule has 0 aliphatic rings. The number of carbonyl (C=O) groups excluding carboxylic acids is 2. The van der Waals surface area contributed by atoms with Crippen molar-refractivity contribution in [3.05, 3.63) is 0 Å². The van der Waals surface area contributed by atoms with Gasteiger partial charge in [-0.15, -0.1) is 0 Å². The van der Waals surface area contributed by atoms with E-state index in [4.69, 9.17) is 4.74 Å². The SMILES string of the molecule is CCCCCCCCCCCCCC(=O)OC(=O)C(C)NC.[KH]. The fraction of sp³-hybridized carbons (Fsp3) is 0.889. The number of esters is 2. The second kappa shape index (κ2) is 19.1. The number of hydrogen-bond acceptors (Lipinski definition) is 4. The molecule has 0 aromatic rings. The van der Waals surface area contributed by atoms with Crippen molar-refractivity contribution in [3.8, 4) is 0 Å². The van der Waals surface area contributed by atoms with E-state index < -0.39 is 18.0 Å². The molecule has 132 valence electrons. The summed E-state index contributed by atoms with van der Waals surface area (Å²) in [4.78, 5) is 22.8. The third-order valence-corrected chi connectivity index (χ3v) is 3.99. The molecular formula is C18H36KNO3. The topological polar surface area (TPSA) is 55.4 Å². The molecule has 0 heterocycles. The van der Waals surface area contributed by atoms with Gasteiger partial charge in [0.2, 0.25) is 0 Å². The van der Waals surface area contributed by atoms with Crippen LogP contribution < -0.4 is 5.32 Å². The number of ether oxygens (including phenoxy) is 1. The van der Waals surface area contributed by atoms with Crippen molar-refractivity contribution >= 4 is 63.3 Å². The number of likely N-dealkylation sites (N-methyl/N-ethyl adjacent to an activating group) is 1. The first kappa shape index (κ1) is 26.0. The van der Waals surface area contributed by atoms with Gasteiger partial charge in [0, 0.05) is 6.42 Å². The van der Waals surface area contributed by atoms with Crippen LogP contribution in [0.4, 0.5) is 0 Å². The van der Waals surface area contributed by atoms with Crippen LogP contribution in [0.25, 0.3) is 0 Å². The number of carbonyl (C=O) groups is 2. The van der Waals surface area contributed by atoms with Crippen LogP contribution in [0.3, 0.4) is 0 Å². The van der Waals surface area contributed by atoms with Crippen LogP contribution in [0.15, 0.2) is 0 Å². The van der Waals surface area contributed by atoms with Crippen molar-refractivity contribution in [1.29, 1.82) is 0 Å². The average molecular weight is 354 g/mol. The van der Waals surface area contributed by atoms with Gasteiger partial charge in [-0.1, -0.05) is 71.1 Å². The van der Waals surface area contributed by atoms with Crippen molar-refractivity contribution in [3.63, 3.8) is 0 Å². The molecule has 0 aliphatic heterocycles. The minimum atomic E-state index is -0.490. The monoisotopic (exact) mass is 353 g/mol. The first-order valence-electron chi connectivity index (χ1n) is 9.03. The van der Waals surface area contributed by atoms with Crippen LogP contribution in [-0.4, -0.2) is 76.4 Å². The van der Waals surface area contributed by atoms with Gasteiger partial charge in [-0.3, -0.25) is 4.79 Å². The summed E-state index contributed by atoms with van der Waals surface area (Å²) in [6, 6.07) is -0.429. The van der Waals surface area contributed by atoms with E-state index in [1.54, 1.807) is 14.0 Å². The van der Waals surface area contributed by atoms with E-state index in [0.717, 1.165) is 12.8 Å². The van der Waals surface area contributed by atoms with Crippen molar-refractivity contribution in [1.82, 2.24) is 5.32 Å².